The summed E-state index contributed by atoms with van der Waals surface area (Å²) in [6, 6.07) is 18.4. The van der Waals surface area contributed by atoms with Gasteiger partial charge in [0.25, 0.3) is 6.47 Å². The highest BCUT2D eigenvalue weighted by atomic mass is 32.2. The Kier molecular flexibility index (Phi) is 18.4. The molecule has 12 heteroatoms. The predicted molar refractivity (Wildman–Crippen MR) is 188 cm³/mol. The van der Waals surface area contributed by atoms with Crippen LogP contribution in [0.1, 0.15) is 91.8 Å². The topological polar surface area (TPSA) is 139 Å². The Labute approximate surface area is 292 Å². The summed E-state index contributed by atoms with van der Waals surface area (Å²) in [6.07, 6.45) is 4.22. The number of hydrogen-bond acceptors (Lipinski definition) is 11. The van der Waals surface area contributed by atoms with Crippen molar-refractivity contribution in [3.8, 4) is 0 Å². The second-order valence-corrected chi connectivity index (χ2v) is 14.2. The third kappa shape index (κ3) is 14.5. The molecule has 0 bridgehead atoms. The van der Waals surface area contributed by atoms with Gasteiger partial charge in [-0.1, -0.05) is 97.5 Å². The molecule has 2 N–H and O–H groups in total. The Hall–Kier alpha value is -3.19. The molecule has 1 amide bonds. The number of esters is 1. The van der Waals surface area contributed by atoms with Crippen LogP contribution in [-0.4, -0.2) is 81.7 Å². The quantitative estimate of drug-likeness (QED) is 0.0664. The van der Waals surface area contributed by atoms with Crippen molar-refractivity contribution in [1.82, 2.24) is 10.2 Å². The fraction of sp³-hybridized carbons (Fsp3) is 0.528. The van der Waals surface area contributed by atoms with E-state index in [1.165, 1.54) is 23.5 Å². The average molecular weight is 701 g/mol. The van der Waals surface area contributed by atoms with Crippen LogP contribution in [-0.2, 0) is 23.9 Å². The highest BCUT2D eigenvalue weighted by Crippen LogP contribution is 2.28. The van der Waals surface area contributed by atoms with Gasteiger partial charge in [0, 0.05) is 67.5 Å². The summed E-state index contributed by atoms with van der Waals surface area (Å²) in [4.78, 5) is 63.3. The SMILES string of the molecule is CC1CC(OC=O)N(C(=O)CCNC(CCCO)OC(=O)CCCCC(CCCSC(=O)c2ccccc2)SC(=O)c2ccccc2)C1. The molecular weight excluding hydrogens is 653 g/mol. The highest BCUT2D eigenvalue weighted by molar-refractivity contribution is 8.14. The number of hydrogen-bond donors (Lipinski definition) is 2. The Balaban J connectivity index is 1.42. The first-order valence-electron chi connectivity index (χ1n) is 16.7. The van der Waals surface area contributed by atoms with Gasteiger partial charge in [0.1, 0.15) is 0 Å². The molecule has 0 spiro atoms. The second kappa shape index (κ2) is 22.4. The highest BCUT2D eigenvalue weighted by Gasteiger charge is 2.34. The van der Waals surface area contributed by atoms with Gasteiger partial charge in [-0.3, -0.25) is 29.3 Å². The summed E-state index contributed by atoms with van der Waals surface area (Å²) in [5, 5.41) is 12.5. The number of unbranched alkanes of at least 4 members (excludes halogenated alkanes) is 1. The number of thioether (sulfide) groups is 2. The van der Waals surface area contributed by atoms with Crippen molar-refractivity contribution in [3.05, 3.63) is 71.8 Å². The standard InChI is InChI=1S/C36H48N2O8S2/c1-27-24-33(45-26-40)38(25-27)32(41)20-21-37-31(18-10-22-39)46-34(42)19-9-8-16-30(48-36(44)29-14-6-3-7-15-29)17-11-23-47-35(43)28-12-4-2-5-13-28/h2-7,12-15,26-27,30-31,33,37,39H,8-11,16-25H2,1H3. The number of benzene rings is 2. The zero-order valence-corrected chi connectivity index (χ0v) is 29.3. The number of likely N-dealkylation sites (tertiary alicyclic amines) is 1. The normalized spacial score (nSPS) is 17.0. The number of ether oxygens (including phenoxy) is 2. The first-order chi connectivity index (χ1) is 23.3. The molecule has 48 heavy (non-hydrogen) atoms. The van der Waals surface area contributed by atoms with Crippen LogP contribution in [0, 0.1) is 5.92 Å². The second-order valence-electron chi connectivity index (χ2n) is 11.9. The molecule has 3 rings (SSSR count). The molecule has 1 aliphatic rings. The van der Waals surface area contributed by atoms with Crippen molar-refractivity contribution in [2.75, 3.05) is 25.4 Å². The lowest BCUT2D eigenvalue weighted by Crippen LogP contribution is -2.40. The summed E-state index contributed by atoms with van der Waals surface area (Å²) >= 11 is 2.61. The Morgan fingerprint density at radius 2 is 1.58 bits per heavy atom. The van der Waals surface area contributed by atoms with Gasteiger partial charge in [-0.2, -0.15) is 0 Å². The van der Waals surface area contributed by atoms with Crippen LogP contribution in [0.4, 0.5) is 0 Å². The molecule has 262 valence electrons. The molecule has 4 unspecified atom stereocenters. The number of rotatable bonds is 22. The molecule has 0 aromatic heterocycles. The van der Waals surface area contributed by atoms with Gasteiger partial charge in [0.2, 0.25) is 16.1 Å². The molecule has 1 heterocycles. The lowest BCUT2D eigenvalue weighted by molar-refractivity contribution is -0.151. The van der Waals surface area contributed by atoms with E-state index in [4.69, 9.17) is 9.47 Å². The number of nitrogens with zero attached hydrogens (tertiary/aromatic N) is 1. The van der Waals surface area contributed by atoms with E-state index in [0.29, 0.717) is 55.6 Å². The van der Waals surface area contributed by atoms with E-state index in [-0.39, 0.29) is 59.3 Å². The maximum absolute atomic E-state index is 13.0. The lowest BCUT2D eigenvalue weighted by atomic mass is 10.1. The van der Waals surface area contributed by atoms with Gasteiger partial charge in [-0.15, -0.1) is 0 Å². The van der Waals surface area contributed by atoms with E-state index in [1.807, 2.05) is 55.5 Å². The minimum Gasteiger partial charge on any atom is -0.447 e. The van der Waals surface area contributed by atoms with E-state index >= 15 is 0 Å². The van der Waals surface area contributed by atoms with E-state index in [2.05, 4.69) is 5.32 Å². The van der Waals surface area contributed by atoms with Crippen molar-refractivity contribution in [2.45, 2.75) is 88.8 Å². The van der Waals surface area contributed by atoms with Crippen molar-refractivity contribution in [3.63, 3.8) is 0 Å². The monoisotopic (exact) mass is 700 g/mol. The fourth-order valence-corrected chi connectivity index (χ4v) is 7.41. The molecule has 0 aliphatic carbocycles. The fourth-order valence-electron chi connectivity index (χ4n) is 5.47. The van der Waals surface area contributed by atoms with Crippen LogP contribution in [0.15, 0.2) is 60.7 Å². The first-order valence-corrected chi connectivity index (χ1v) is 18.6. The van der Waals surface area contributed by atoms with Crippen LogP contribution < -0.4 is 5.32 Å². The van der Waals surface area contributed by atoms with Crippen molar-refractivity contribution >= 4 is 52.1 Å². The van der Waals surface area contributed by atoms with Crippen LogP contribution >= 0.6 is 23.5 Å². The van der Waals surface area contributed by atoms with Crippen LogP contribution in [0.25, 0.3) is 0 Å². The lowest BCUT2D eigenvalue weighted by Gasteiger charge is -2.24. The summed E-state index contributed by atoms with van der Waals surface area (Å²) in [6.45, 7) is 3.10. The third-order valence-corrected chi connectivity index (χ3v) is 10.2. The zero-order valence-electron chi connectivity index (χ0n) is 27.6. The minimum absolute atomic E-state index is 0.00957. The molecule has 0 radical (unpaired) electrons. The summed E-state index contributed by atoms with van der Waals surface area (Å²) in [5.41, 5.74) is 1.33. The van der Waals surface area contributed by atoms with Crippen LogP contribution in [0.5, 0.6) is 0 Å². The molecule has 2 aromatic carbocycles. The van der Waals surface area contributed by atoms with Gasteiger partial charge < -0.3 is 19.5 Å². The van der Waals surface area contributed by atoms with Crippen molar-refractivity contribution < 1.29 is 38.6 Å². The molecule has 4 atom stereocenters. The third-order valence-electron chi connectivity index (χ3n) is 7.96. The number of nitrogens with one attached hydrogen (secondary N) is 1. The van der Waals surface area contributed by atoms with Crippen molar-refractivity contribution in [1.29, 1.82) is 0 Å². The molecular formula is C36H48N2O8S2. The minimum atomic E-state index is -0.639. The van der Waals surface area contributed by atoms with Crippen LogP contribution in [0.3, 0.4) is 0 Å². The summed E-state index contributed by atoms with van der Waals surface area (Å²) in [7, 11) is 0. The molecule has 1 saturated heterocycles. The number of amides is 1. The molecule has 2 aromatic rings. The van der Waals surface area contributed by atoms with Gasteiger partial charge >= 0.3 is 5.97 Å². The zero-order chi connectivity index (χ0) is 34.6. The van der Waals surface area contributed by atoms with E-state index in [9.17, 15) is 29.1 Å². The van der Waals surface area contributed by atoms with Gasteiger partial charge in [-0.25, -0.2) is 0 Å². The van der Waals surface area contributed by atoms with Gasteiger partial charge in [0.05, 0.1) is 0 Å². The predicted octanol–water partition coefficient (Wildman–Crippen LogP) is 5.83. The maximum Gasteiger partial charge on any atom is 0.307 e. The average Bonchev–Trinajstić information content (AvgIpc) is 3.47. The van der Waals surface area contributed by atoms with Gasteiger partial charge in [-0.05, 0) is 38.0 Å². The Morgan fingerprint density at radius 1 is 0.917 bits per heavy atom. The Morgan fingerprint density at radius 3 is 2.25 bits per heavy atom. The molecule has 1 aliphatic heterocycles. The number of carbonyl (C=O) groups excluding carboxylic acids is 5. The van der Waals surface area contributed by atoms with Crippen LogP contribution in [0.2, 0.25) is 0 Å². The summed E-state index contributed by atoms with van der Waals surface area (Å²) < 4.78 is 10.7. The molecule has 1 fully saturated rings. The number of aliphatic hydroxyl groups excluding tert-OH is 1. The van der Waals surface area contributed by atoms with Gasteiger partial charge in [0.15, 0.2) is 12.5 Å². The molecule has 0 saturated carbocycles. The molecule has 10 nitrogen and oxygen atoms in total. The number of carbonyl (C=O) groups is 5. The Bertz CT molecular complexity index is 1280. The smallest absolute Gasteiger partial charge is 0.307 e. The largest absolute Gasteiger partial charge is 0.447 e. The first kappa shape index (κ1) is 39.3. The summed E-state index contributed by atoms with van der Waals surface area (Å²) in [5.74, 6) is 0.378. The van der Waals surface area contributed by atoms with E-state index in [1.54, 1.807) is 17.0 Å². The number of aliphatic hydroxyl groups is 1. The maximum atomic E-state index is 13.0. The van der Waals surface area contributed by atoms with Crippen molar-refractivity contribution in [2.24, 2.45) is 5.92 Å². The van der Waals surface area contributed by atoms with E-state index in [0.717, 1.165) is 25.7 Å². The van der Waals surface area contributed by atoms with E-state index < -0.39 is 12.5 Å².